The van der Waals surface area contributed by atoms with Gasteiger partial charge in [0.25, 0.3) is 0 Å². The molecule has 0 amide bonds. The summed E-state index contributed by atoms with van der Waals surface area (Å²) in [5.74, 6) is -0.0311. The highest BCUT2D eigenvalue weighted by molar-refractivity contribution is 7.89. The highest BCUT2D eigenvalue weighted by Gasteiger charge is 2.35. The number of likely N-dealkylation sites (N-methyl/N-ethyl adjacent to an activating group) is 1. The molecule has 0 unspecified atom stereocenters. The first-order chi connectivity index (χ1) is 14.9. The fourth-order valence-corrected chi connectivity index (χ4v) is 5.55. The first-order valence-corrected chi connectivity index (χ1v) is 13.2. The maximum Gasteiger partial charge on any atom is 0.469 e. The van der Waals surface area contributed by atoms with Gasteiger partial charge >= 0.3 is 7.82 Å². The Morgan fingerprint density at radius 2 is 1.66 bits per heavy atom. The molecule has 0 saturated carbocycles. The van der Waals surface area contributed by atoms with E-state index in [1.165, 1.54) is 28.6 Å². The minimum absolute atomic E-state index is 0.0311. The van der Waals surface area contributed by atoms with E-state index in [1.54, 1.807) is 7.05 Å². The van der Waals surface area contributed by atoms with Crippen molar-refractivity contribution in [2.24, 2.45) is 5.92 Å². The number of nitrogens with one attached hydrogen (secondary N) is 1. The standard InChI is InChI=1S/C21H32N3O6PS/c1-16(2)14-24(32(28,29)19-11-9-18(22)10-12-19)15-21(30-31(25,26)27)20(23-3)13-17-7-5-4-6-8-17/h4-12,16,20-21,23H,13-15,22H2,1-3H3,(H2,25,26,27)/t20-,21+/m0/s1. The zero-order valence-corrected chi connectivity index (χ0v) is 20.2. The van der Waals surface area contributed by atoms with Gasteiger partial charge in [-0.3, -0.25) is 4.52 Å². The minimum atomic E-state index is -4.89. The molecule has 32 heavy (non-hydrogen) atoms. The van der Waals surface area contributed by atoms with Crippen molar-refractivity contribution in [3.05, 3.63) is 60.2 Å². The molecule has 2 aromatic rings. The smallest absolute Gasteiger partial charge is 0.399 e. The van der Waals surface area contributed by atoms with Crippen LogP contribution >= 0.6 is 7.82 Å². The lowest BCUT2D eigenvalue weighted by atomic mass is 10.0. The number of phosphoric ester groups is 1. The first kappa shape index (κ1) is 26.5. The van der Waals surface area contributed by atoms with Crippen molar-refractivity contribution in [3.8, 4) is 0 Å². The Balaban J connectivity index is 2.40. The number of nitrogens with two attached hydrogens (primary N) is 1. The summed E-state index contributed by atoms with van der Waals surface area (Å²) >= 11 is 0. The molecule has 0 aliphatic carbocycles. The van der Waals surface area contributed by atoms with Crippen molar-refractivity contribution >= 4 is 23.5 Å². The SMILES string of the molecule is CN[C@@H](Cc1ccccc1)[C@@H](CN(CC(C)C)S(=O)(=O)c1ccc(N)cc1)OP(=O)(O)O. The lowest BCUT2D eigenvalue weighted by Crippen LogP contribution is -2.49. The van der Waals surface area contributed by atoms with Crippen LogP contribution in [0.1, 0.15) is 19.4 Å². The highest BCUT2D eigenvalue weighted by atomic mass is 32.2. The zero-order chi connectivity index (χ0) is 23.9. The van der Waals surface area contributed by atoms with E-state index >= 15 is 0 Å². The summed E-state index contributed by atoms with van der Waals surface area (Å²) in [6.45, 7) is 3.64. The number of anilines is 1. The van der Waals surface area contributed by atoms with Crippen LogP contribution in [0.2, 0.25) is 0 Å². The van der Waals surface area contributed by atoms with Crippen molar-refractivity contribution in [2.45, 2.75) is 37.3 Å². The summed E-state index contributed by atoms with van der Waals surface area (Å²) in [6, 6.07) is 14.6. The lowest BCUT2D eigenvalue weighted by Gasteiger charge is -2.32. The minimum Gasteiger partial charge on any atom is -0.399 e. The molecule has 0 spiro atoms. The Morgan fingerprint density at radius 3 is 2.16 bits per heavy atom. The van der Waals surface area contributed by atoms with Crippen LogP contribution in [0, 0.1) is 5.92 Å². The number of nitrogens with zero attached hydrogens (tertiary/aromatic N) is 1. The summed E-state index contributed by atoms with van der Waals surface area (Å²) in [4.78, 5) is 19.1. The third-order valence-corrected chi connectivity index (χ3v) is 7.25. The van der Waals surface area contributed by atoms with Crippen molar-refractivity contribution in [3.63, 3.8) is 0 Å². The van der Waals surface area contributed by atoms with Gasteiger partial charge in [-0.05, 0) is 49.2 Å². The van der Waals surface area contributed by atoms with Crippen molar-refractivity contribution in [2.75, 3.05) is 25.9 Å². The van der Waals surface area contributed by atoms with Gasteiger partial charge in [0.1, 0.15) is 0 Å². The Hall–Kier alpha value is -1.78. The maximum absolute atomic E-state index is 13.4. The Labute approximate surface area is 189 Å². The van der Waals surface area contributed by atoms with E-state index in [0.717, 1.165) is 5.56 Å². The van der Waals surface area contributed by atoms with Crippen molar-refractivity contribution in [1.29, 1.82) is 0 Å². The summed E-state index contributed by atoms with van der Waals surface area (Å²) in [7, 11) is -7.21. The molecule has 11 heteroatoms. The number of benzene rings is 2. The molecular weight excluding hydrogens is 453 g/mol. The molecule has 0 heterocycles. The van der Waals surface area contributed by atoms with Gasteiger partial charge < -0.3 is 20.8 Å². The molecule has 178 valence electrons. The summed E-state index contributed by atoms with van der Waals surface area (Å²) in [5.41, 5.74) is 7.03. The fourth-order valence-electron chi connectivity index (χ4n) is 3.37. The largest absolute Gasteiger partial charge is 0.469 e. The second kappa shape index (κ2) is 11.4. The molecule has 2 rings (SSSR count). The number of hydrogen-bond acceptors (Lipinski definition) is 6. The van der Waals surface area contributed by atoms with Crippen molar-refractivity contribution < 1.29 is 27.3 Å². The van der Waals surface area contributed by atoms with Crippen LogP contribution in [0.25, 0.3) is 0 Å². The second-order valence-corrected chi connectivity index (χ2v) is 11.1. The van der Waals surface area contributed by atoms with Crippen LogP contribution in [0.15, 0.2) is 59.5 Å². The lowest BCUT2D eigenvalue weighted by molar-refractivity contribution is 0.0866. The Kier molecular flexibility index (Phi) is 9.41. The average Bonchev–Trinajstić information content (AvgIpc) is 2.70. The topological polar surface area (TPSA) is 142 Å². The van der Waals surface area contributed by atoms with E-state index in [0.29, 0.717) is 12.1 Å². The number of phosphoric acid groups is 1. The highest BCUT2D eigenvalue weighted by Crippen LogP contribution is 2.39. The van der Waals surface area contributed by atoms with E-state index < -0.39 is 30.0 Å². The Bertz CT molecular complexity index is 996. The van der Waals surface area contributed by atoms with E-state index in [1.807, 2.05) is 44.2 Å². The zero-order valence-electron chi connectivity index (χ0n) is 18.5. The Morgan fingerprint density at radius 1 is 1.06 bits per heavy atom. The molecule has 2 atom stereocenters. The van der Waals surface area contributed by atoms with Crippen LogP contribution < -0.4 is 11.1 Å². The second-order valence-electron chi connectivity index (χ2n) is 8.00. The van der Waals surface area contributed by atoms with Gasteiger partial charge in [-0.2, -0.15) is 4.31 Å². The van der Waals surface area contributed by atoms with E-state index in [2.05, 4.69) is 5.32 Å². The number of hydrogen-bond donors (Lipinski definition) is 4. The van der Waals surface area contributed by atoms with Gasteiger partial charge in [0.15, 0.2) is 0 Å². The number of rotatable bonds is 12. The molecule has 2 aromatic carbocycles. The van der Waals surface area contributed by atoms with Crippen molar-refractivity contribution in [1.82, 2.24) is 9.62 Å². The molecule has 0 fully saturated rings. The predicted molar refractivity (Wildman–Crippen MR) is 124 cm³/mol. The summed E-state index contributed by atoms with van der Waals surface area (Å²) in [6.07, 6.45) is -0.720. The van der Waals surface area contributed by atoms with Crippen LogP contribution in [0.5, 0.6) is 0 Å². The molecule has 0 aliphatic rings. The van der Waals surface area contributed by atoms with E-state index in [9.17, 15) is 22.8 Å². The van der Waals surface area contributed by atoms with Crippen LogP contribution in [0.3, 0.4) is 0 Å². The molecular formula is C21H32N3O6PS. The number of nitrogen functional groups attached to an aromatic ring is 1. The quantitative estimate of drug-likeness (QED) is 0.265. The van der Waals surface area contributed by atoms with Crippen LogP contribution in [-0.4, -0.2) is 54.8 Å². The molecule has 0 bridgehead atoms. The van der Waals surface area contributed by atoms with Gasteiger partial charge in [-0.15, -0.1) is 0 Å². The first-order valence-electron chi connectivity index (χ1n) is 10.2. The monoisotopic (exact) mass is 485 g/mol. The van der Waals surface area contributed by atoms with E-state index in [-0.39, 0.29) is 23.9 Å². The van der Waals surface area contributed by atoms with Crippen LogP contribution in [-0.2, 0) is 25.5 Å². The predicted octanol–water partition coefficient (Wildman–Crippen LogP) is 2.22. The van der Waals surface area contributed by atoms with Gasteiger partial charge in [0.05, 0.1) is 11.0 Å². The normalized spacial score (nSPS) is 14.6. The molecule has 9 nitrogen and oxygen atoms in total. The molecule has 0 aromatic heterocycles. The average molecular weight is 486 g/mol. The molecule has 5 N–H and O–H groups in total. The summed E-state index contributed by atoms with van der Waals surface area (Å²) < 4.78 is 44.8. The van der Waals surface area contributed by atoms with Gasteiger partial charge in [-0.25, -0.2) is 13.0 Å². The van der Waals surface area contributed by atoms with Crippen LogP contribution in [0.4, 0.5) is 5.69 Å². The maximum atomic E-state index is 13.4. The van der Waals surface area contributed by atoms with Gasteiger partial charge in [0, 0.05) is 24.8 Å². The van der Waals surface area contributed by atoms with E-state index in [4.69, 9.17) is 10.3 Å². The summed E-state index contributed by atoms with van der Waals surface area (Å²) in [5, 5.41) is 3.02. The number of sulfonamides is 1. The van der Waals surface area contributed by atoms with Gasteiger partial charge in [-0.1, -0.05) is 44.2 Å². The van der Waals surface area contributed by atoms with Gasteiger partial charge in [0.2, 0.25) is 10.0 Å². The fraction of sp³-hybridized carbons (Fsp3) is 0.429. The third kappa shape index (κ3) is 7.97. The molecule has 0 saturated heterocycles. The third-order valence-electron chi connectivity index (χ3n) is 4.86. The molecule has 0 aliphatic heterocycles. The molecule has 0 radical (unpaired) electrons.